The van der Waals surface area contributed by atoms with Crippen LogP contribution in [0.5, 0.6) is 0 Å². The van der Waals surface area contributed by atoms with Gasteiger partial charge < -0.3 is 14.5 Å². The van der Waals surface area contributed by atoms with Gasteiger partial charge in [-0.1, -0.05) is 0 Å². The fourth-order valence-corrected chi connectivity index (χ4v) is 1.89. The van der Waals surface area contributed by atoms with Crippen LogP contribution < -0.4 is 0 Å². The molecule has 1 aromatic heterocycles. The summed E-state index contributed by atoms with van der Waals surface area (Å²) in [6.07, 6.45) is 4.04. The third-order valence-electron chi connectivity index (χ3n) is 3.13. The first-order chi connectivity index (χ1) is 8.75. The summed E-state index contributed by atoms with van der Waals surface area (Å²) in [7, 11) is 2.06. The molecular weight excluding hydrogens is 230 g/mol. The molecule has 1 aliphatic heterocycles. The van der Waals surface area contributed by atoms with Crippen molar-refractivity contribution in [2.75, 3.05) is 39.8 Å². The van der Waals surface area contributed by atoms with Crippen LogP contribution in [0.15, 0.2) is 24.5 Å². The highest BCUT2D eigenvalue weighted by Gasteiger charge is 2.19. The maximum atomic E-state index is 11.8. The number of piperazine rings is 1. The number of nitrogens with zero attached hydrogens (tertiary/aromatic N) is 3. The SMILES string of the molecule is CN1CCN(C(=O)OCCc2ccncc2)CC1. The quantitative estimate of drug-likeness (QED) is 0.802. The number of aromatic nitrogens is 1. The van der Waals surface area contributed by atoms with Gasteiger partial charge in [-0.3, -0.25) is 4.98 Å². The molecule has 0 unspecified atom stereocenters. The van der Waals surface area contributed by atoms with Gasteiger partial charge in [0.1, 0.15) is 0 Å². The van der Waals surface area contributed by atoms with E-state index in [1.165, 1.54) is 0 Å². The first kappa shape index (κ1) is 12.8. The molecule has 2 rings (SSSR count). The Kier molecular flexibility index (Phi) is 4.52. The molecule has 5 nitrogen and oxygen atoms in total. The minimum Gasteiger partial charge on any atom is -0.449 e. The van der Waals surface area contributed by atoms with Crippen molar-refractivity contribution in [3.63, 3.8) is 0 Å². The van der Waals surface area contributed by atoms with Crippen molar-refractivity contribution in [1.82, 2.24) is 14.8 Å². The normalized spacial score (nSPS) is 16.6. The molecule has 98 valence electrons. The van der Waals surface area contributed by atoms with E-state index in [0.717, 1.165) is 38.2 Å². The van der Waals surface area contributed by atoms with Crippen LogP contribution in [0.25, 0.3) is 0 Å². The molecule has 1 amide bonds. The third-order valence-corrected chi connectivity index (χ3v) is 3.13. The number of rotatable bonds is 3. The summed E-state index contributed by atoms with van der Waals surface area (Å²) >= 11 is 0. The highest BCUT2D eigenvalue weighted by molar-refractivity contribution is 5.67. The molecule has 2 heterocycles. The lowest BCUT2D eigenvalue weighted by molar-refractivity contribution is 0.0826. The lowest BCUT2D eigenvalue weighted by atomic mass is 10.2. The van der Waals surface area contributed by atoms with Crippen molar-refractivity contribution in [1.29, 1.82) is 0 Å². The molecule has 0 aliphatic carbocycles. The van der Waals surface area contributed by atoms with Crippen LogP contribution in [0.1, 0.15) is 5.56 Å². The molecule has 1 aliphatic rings. The van der Waals surface area contributed by atoms with Gasteiger partial charge in [0, 0.05) is 45.0 Å². The standard InChI is InChI=1S/C13H19N3O2/c1-15-7-9-16(10-8-15)13(17)18-11-4-12-2-5-14-6-3-12/h2-3,5-6H,4,7-11H2,1H3. The first-order valence-corrected chi connectivity index (χ1v) is 6.25. The maximum absolute atomic E-state index is 11.8. The average Bonchev–Trinajstić information content (AvgIpc) is 2.40. The van der Waals surface area contributed by atoms with Crippen molar-refractivity contribution < 1.29 is 9.53 Å². The van der Waals surface area contributed by atoms with Crippen LogP contribution in [0, 0.1) is 0 Å². The zero-order valence-electron chi connectivity index (χ0n) is 10.7. The zero-order valence-corrected chi connectivity index (χ0v) is 10.7. The predicted octanol–water partition coefficient (Wildman–Crippen LogP) is 1.01. The molecule has 0 bridgehead atoms. The smallest absolute Gasteiger partial charge is 0.409 e. The van der Waals surface area contributed by atoms with E-state index < -0.39 is 0 Å². The Morgan fingerprint density at radius 2 is 1.94 bits per heavy atom. The number of carbonyl (C=O) groups is 1. The van der Waals surface area contributed by atoms with E-state index in [1.54, 1.807) is 17.3 Å². The average molecular weight is 249 g/mol. The minimum atomic E-state index is -0.197. The number of hydrogen-bond donors (Lipinski definition) is 0. The van der Waals surface area contributed by atoms with Crippen LogP contribution >= 0.6 is 0 Å². The second-order valence-corrected chi connectivity index (χ2v) is 4.51. The number of hydrogen-bond acceptors (Lipinski definition) is 4. The lowest BCUT2D eigenvalue weighted by Gasteiger charge is -2.31. The van der Waals surface area contributed by atoms with Crippen LogP contribution in [0.3, 0.4) is 0 Å². The van der Waals surface area contributed by atoms with Gasteiger partial charge in [0.2, 0.25) is 0 Å². The van der Waals surface area contributed by atoms with E-state index in [-0.39, 0.29) is 6.09 Å². The molecule has 1 aromatic rings. The van der Waals surface area contributed by atoms with Crippen LogP contribution in [0.4, 0.5) is 4.79 Å². The molecule has 0 spiro atoms. The summed E-state index contributed by atoms with van der Waals surface area (Å²) in [6.45, 7) is 3.77. The van der Waals surface area contributed by atoms with Crippen molar-refractivity contribution >= 4 is 6.09 Å². The second-order valence-electron chi connectivity index (χ2n) is 4.51. The van der Waals surface area contributed by atoms with Crippen molar-refractivity contribution in [3.8, 4) is 0 Å². The Hall–Kier alpha value is -1.62. The molecule has 0 saturated carbocycles. The molecule has 18 heavy (non-hydrogen) atoms. The Morgan fingerprint density at radius 1 is 1.28 bits per heavy atom. The summed E-state index contributed by atoms with van der Waals surface area (Å²) < 4.78 is 5.27. The fraction of sp³-hybridized carbons (Fsp3) is 0.538. The Balaban J connectivity index is 1.69. The molecule has 0 atom stereocenters. The minimum absolute atomic E-state index is 0.197. The number of carbonyl (C=O) groups excluding carboxylic acids is 1. The van der Waals surface area contributed by atoms with Gasteiger partial charge in [0.25, 0.3) is 0 Å². The summed E-state index contributed by atoms with van der Waals surface area (Å²) in [4.78, 5) is 19.7. The summed E-state index contributed by atoms with van der Waals surface area (Å²) in [5, 5.41) is 0. The van der Waals surface area contributed by atoms with Gasteiger partial charge in [0.15, 0.2) is 0 Å². The zero-order chi connectivity index (χ0) is 12.8. The van der Waals surface area contributed by atoms with E-state index in [4.69, 9.17) is 4.74 Å². The van der Waals surface area contributed by atoms with E-state index in [9.17, 15) is 4.79 Å². The molecule has 1 fully saturated rings. The first-order valence-electron chi connectivity index (χ1n) is 6.25. The van der Waals surface area contributed by atoms with Crippen molar-refractivity contribution in [2.45, 2.75) is 6.42 Å². The summed E-state index contributed by atoms with van der Waals surface area (Å²) in [5.74, 6) is 0. The highest BCUT2D eigenvalue weighted by atomic mass is 16.6. The van der Waals surface area contributed by atoms with E-state index in [1.807, 2.05) is 12.1 Å². The molecule has 1 saturated heterocycles. The highest BCUT2D eigenvalue weighted by Crippen LogP contribution is 2.03. The predicted molar refractivity (Wildman–Crippen MR) is 68.4 cm³/mol. The number of likely N-dealkylation sites (N-methyl/N-ethyl adjacent to an activating group) is 1. The summed E-state index contributed by atoms with van der Waals surface area (Å²) in [5.41, 5.74) is 1.14. The largest absolute Gasteiger partial charge is 0.449 e. The number of amides is 1. The third kappa shape index (κ3) is 3.70. The monoisotopic (exact) mass is 249 g/mol. The molecule has 0 radical (unpaired) electrons. The molecule has 5 heteroatoms. The molecular formula is C13H19N3O2. The van der Waals surface area contributed by atoms with Gasteiger partial charge >= 0.3 is 6.09 Å². The van der Waals surface area contributed by atoms with E-state index >= 15 is 0 Å². The Labute approximate surface area is 107 Å². The number of ether oxygens (including phenoxy) is 1. The van der Waals surface area contributed by atoms with E-state index in [0.29, 0.717) is 6.61 Å². The topological polar surface area (TPSA) is 45.7 Å². The van der Waals surface area contributed by atoms with E-state index in [2.05, 4.69) is 16.9 Å². The van der Waals surface area contributed by atoms with Gasteiger partial charge in [-0.05, 0) is 24.7 Å². The van der Waals surface area contributed by atoms with Gasteiger partial charge in [0.05, 0.1) is 6.61 Å². The second kappa shape index (κ2) is 6.35. The Morgan fingerprint density at radius 3 is 2.61 bits per heavy atom. The summed E-state index contributed by atoms with van der Waals surface area (Å²) in [6, 6.07) is 3.87. The van der Waals surface area contributed by atoms with Gasteiger partial charge in [-0.25, -0.2) is 4.79 Å². The van der Waals surface area contributed by atoms with Gasteiger partial charge in [-0.2, -0.15) is 0 Å². The van der Waals surface area contributed by atoms with Crippen LogP contribution in [0.2, 0.25) is 0 Å². The molecule has 0 aromatic carbocycles. The van der Waals surface area contributed by atoms with Crippen LogP contribution in [-0.2, 0) is 11.2 Å². The fourth-order valence-electron chi connectivity index (χ4n) is 1.89. The van der Waals surface area contributed by atoms with Crippen LogP contribution in [-0.4, -0.2) is 60.7 Å². The lowest BCUT2D eigenvalue weighted by Crippen LogP contribution is -2.47. The van der Waals surface area contributed by atoms with Gasteiger partial charge in [-0.15, -0.1) is 0 Å². The molecule has 0 N–H and O–H groups in total. The van der Waals surface area contributed by atoms with Crippen molar-refractivity contribution in [3.05, 3.63) is 30.1 Å². The Bertz CT molecular complexity index is 375. The maximum Gasteiger partial charge on any atom is 0.409 e. The van der Waals surface area contributed by atoms with Crippen molar-refractivity contribution in [2.24, 2.45) is 0 Å². The number of pyridine rings is 1.